The molecule has 1 amide bonds. The summed E-state index contributed by atoms with van der Waals surface area (Å²) in [5, 5.41) is 20.1. The quantitative estimate of drug-likeness (QED) is 0.153. The predicted molar refractivity (Wildman–Crippen MR) is 137 cm³/mol. The molecule has 0 aliphatic carbocycles. The summed E-state index contributed by atoms with van der Waals surface area (Å²) in [5.74, 6) is 0.557. The van der Waals surface area contributed by atoms with Gasteiger partial charge >= 0.3 is 6.09 Å². The molecule has 2 aromatic rings. The highest BCUT2D eigenvalue weighted by Crippen LogP contribution is 2.17. The number of para-hydroxylation sites is 1. The third kappa shape index (κ3) is 9.50. The van der Waals surface area contributed by atoms with E-state index in [4.69, 9.17) is 4.74 Å². The summed E-state index contributed by atoms with van der Waals surface area (Å²) in [7, 11) is 1.64. The standard InChI is InChI=1S/C22H29N5O4.HI/c1-22(2,3)31-21(28)26-18-11-9-16(10-12-18)13-14-24-20(23-4)25-15-17-7-5-6-8-19(17)27(29)30;/h5-12H,13-15H2,1-4H3,(H,26,28)(H2,23,24,25);1H. The Morgan fingerprint density at radius 1 is 1.09 bits per heavy atom. The fourth-order valence-corrected chi connectivity index (χ4v) is 2.74. The first-order valence-corrected chi connectivity index (χ1v) is 9.93. The summed E-state index contributed by atoms with van der Waals surface area (Å²) >= 11 is 0. The summed E-state index contributed by atoms with van der Waals surface area (Å²) in [6.45, 7) is 6.35. The van der Waals surface area contributed by atoms with Gasteiger partial charge in [-0.2, -0.15) is 0 Å². The third-order valence-electron chi connectivity index (χ3n) is 4.16. The van der Waals surface area contributed by atoms with Crippen LogP contribution in [0.25, 0.3) is 0 Å². The molecule has 10 heteroatoms. The van der Waals surface area contributed by atoms with E-state index in [-0.39, 0.29) is 29.7 Å². The van der Waals surface area contributed by atoms with Crippen LogP contribution in [0.1, 0.15) is 31.9 Å². The van der Waals surface area contributed by atoms with Crippen LogP contribution in [0, 0.1) is 10.1 Å². The zero-order valence-corrected chi connectivity index (χ0v) is 21.0. The molecular weight excluding hydrogens is 525 g/mol. The topological polar surface area (TPSA) is 118 Å². The van der Waals surface area contributed by atoms with E-state index in [0.717, 1.165) is 12.0 Å². The molecule has 0 bridgehead atoms. The number of carbonyl (C=O) groups is 1. The normalized spacial score (nSPS) is 11.2. The van der Waals surface area contributed by atoms with Gasteiger partial charge in [0.05, 0.1) is 4.92 Å². The predicted octanol–water partition coefficient (Wildman–Crippen LogP) is 4.47. The van der Waals surface area contributed by atoms with E-state index < -0.39 is 16.6 Å². The van der Waals surface area contributed by atoms with Crippen LogP contribution in [0.4, 0.5) is 16.2 Å². The molecule has 9 nitrogen and oxygen atoms in total. The molecule has 0 spiro atoms. The summed E-state index contributed by atoms with van der Waals surface area (Å²) in [4.78, 5) is 26.7. The van der Waals surface area contributed by atoms with E-state index in [1.54, 1.807) is 25.2 Å². The van der Waals surface area contributed by atoms with Crippen molar-refractivity contribution in [3.8, 4) is 0 Å². The second-order valence-corrected chi connectivity index (χ2v) is 7.81. The maximum absolute atomic E-state index is 11.8. The highest BCUT2D eigenvalue weighted by atomic mass is 127. The number of rotatable bonds is 7. The minimum atomic E-state index is -0.548. The maximum Gasteiger partial charge on any atom is 0.412 e. The van der Waals surface area contributed by atoms with Crippen LogP contribution in [0.15, 0.2) is 53.5 Å². The van der Waals surface area contributed by atoms with Crippen molar-refractivity contribution in [1.82, 2.24) is 10.6 Å². The van der Waals surface area contributed by atoms with E-state index in [9.17, 15) is 14.9 Å². The Bertz CT molecular complexity index is 927. The number of amides is 1. The lowest BCUT2D eigenvalue weighted by atomic mass is 10.1. The lowest BCUT2D eigenvalue weighted by Crippen LogP contribution is -2.38. The number of halogens is 1. The molecule has 3 N–H and O–H groups in total. The van der Waals surface area contributed by atoms with Crippen LogP contribution >= 0.6 is 24.0 Å². The van der Waals surface area contributed by atoms with Crippen LogP contribution in [-0.4, -0.2) is 36.2 Å². The van der Waals surface area contributed by atoms with Crippen molar-refractivity contribution in [2.75, 3.05) is 18.9 Å². The number of nitrogens with one attached hydrogen (secondary N) is 3. The lowest BCUT2D eigenvalue weighted by Gasteiger charge is -2.19. The minimum absolute atomic E-state index is 0. The Balaban J connectivity index is 0.00000512. The molecular formula is C22H30IN5O4. The number of nitro groups is 1. The number of nitrogens with zero attached hydrogens (tertiary/aromatic N) is 2. The fraction of sp³-hybridized carbons (Fsp3) is 0.364. The van der Waals surface area contributed by atoms with Crippen LogP contribution < -0.4 is 16.0 Å². The van der Waals surface area contributed by atoms with E-state index in [2.05, 4.69) is 20.9 Å². The van der Waals surface area contributed by atoms with Crippen molar-refractivity contribution < 1.29 is 14.5 Å². The molecule has 2 aromatic carbocycles. The Morgan fingerprint density at radius 2 is 1.75 bits per heavy atom. The number of benzene rings is 2. The third-order valence-corrected chi connectivity index (χ3v) is 4.16. The highest BCUT2D eigenvalue weighted by Gasteiger charge is 2.16. The first-order chi connectivity index (χ1) is 14.7. The highest BCUT2D eigenvalue weighted by molar-refractivity contribution is 14.0. The SMILES string of the molecule is CN=C(NCCc1ccc(NC(=O)OC(C)(C)C)cc1)NCc1ccccc1[N+](=O)[O-].I. The molecule has 0 saturated heterocycles. The van der Waals surface area contributed by atoms with Gasteiger partial charge < -0.3 is 15.4 Å². The number of ether oxygens (including phenoxy) is 1. The van der Waals surface area contributed by atoms with Crippen molar-refractivity contribution >= 4 is 47.4 Å². The van der Waals surface area contributed by atoms with Gasteiger partial charge in [0.2, 0.25) is 0 Å². The van der Waals surface area contributed by atoms with Gasteiger partial charge in [0.1, 0.15) is 5.60 Å². The Morgan fingerprint density at radius 3 is 2.34 bits per heavy atom. The maximum atomic E-state index is 11.8. The van der Waals surface area contributed by atoms with Gasteiger partial charge in [-0.1, -0.05) is 30.3 Å². The van der Waals surface area contributed by atoms with Crippen LogP contribution in [0.3, 0.4) is 0 Å². The second-order valence-electron chi connectivity index (χ2n) is 7.81. The molecule has 0 fully saturated rings. The summed E-state index contributed by atoms with van der Waals surface area (Å²) in [6.07, 6.45) is 0.245. The summed E-state index contributed by atoms with van der Waals surface area (Å²) < 4.78 is 5.23. The van der Waals surface area contributed by atoms with E-state index in [1.165, 1.54) is 6.07 Å². The largest absolute Gasteiger partial charge is 0.444 e. The molecule has 2 rings (SSSR count). The second kappa shape index (κ2) is 12.8. The van der Waals surface area contributed by atoms with Crippen molar-refractivity contribution in [1.29, 1.82) is 0 Å². The average Bonchev–Trinajstić information content (AvgIpc) is 2.70. The van der Waals surface area contributed by atoms with E-state index in [0.29, 0.717) is 30.3 Å². The monoisotopic (exact) mass is 555 g/mol. The van der Waals surface area contributed by atoms with Crippen LogP contribution in [-0.2, 0) is 17.7 Å². The lowest BCUT2D eigenvalue weighted by molar-refractivity contribution is -0.385. The molecule has 0 unspecified atom stereocenters. The van der Waals surface area contributed by atoms with Crippen LogP contribution in [0.2, 0.25) is 0 Å². The number of hydrogen-bond donors (Lipinski definition) is 3. The molecule has 32 heavy (non-hydrogen) atoms. The number of aliphatic imine (C=N–C) groups is 1. The first-order valence-electron chi connectivity index (χ1n) is 9.93. The first kappa shape index (κ1) is 27.1. The number of guanidine groups is 1. The van der Waals surface area contributed by atoms with Gasteiger partial charge in [0.25, 0.3) is 5.69 Å². The molecule has 0 aliphatic heterocycles. The zero-order chi connectivity index (χ0) is 22.9. The van der Waals surface area contributed by atoms with Gasteiger partial charge in [0.15, 0.2) is 5.96 Å². The smallest absolute Gasteiger partial charge is 0.412 e. The van der Waals surface area contributed by atoms with Crippen molar-refractivity contribution in [2.24, 2.45) is 4.99 Å². The Kier molecular flexibility index (Phi) is 10.9. The summed E-state index contributed by atoms with van der Waals surface area (Å²) in [5.41, 5.74) is 1.85. The number of hydrogen-bond acceptors (Lipinski definition) is 5. The zero-order valence-electron chi connectivity index (χ0n) is 18.7. The molecule has 0 saturated carbocycles. The van der Waals surface area contributed by atoms with Gasteiger partial charge in [-0.15, -0.1) is 24.0 Å². The van der Waals surface area contributed by atoms with E-state index in [1.807, 2.05) is 45.0 Å². The Labute approximate surface area is 205 Å². The van der Waals surface area contributed by atoms with Crippen molar-refractivity contribution in [2.45, 2.75) is 39.3 Å². The average molecular weight is 555 g/mol. The minimum Gasteiger partial charge on any atom is -0.444 e. The summed E-state index contributed by atoms with van der Waals surface area (Å²) in [6, 6.07) is 14.1. The van der Waals surface area contributed by atoms with Crippen molar-refractivity contribution in [3.63, 3.8) is 0 Å². The Hall–Kier alpha value is -2.89. The molecule has 174 valence electrons. The number of anilines is 1. The molecule has 0 aromatic heterocycles. The molecule has 0 atom stereocenters. The van der Waals surface area contributed by atoms with Gasteiger partial charge in [-0.3, -0.25) is 20.4 Å². The van der Waals surface area contributed by atoms with Gasteiger partial charge in [-0.05, 0) is 44.9 Å². The van der Waals surface area contributed by atoms with Crippen molar-refractivity contribution in [3.05, 3.63) is 69.8 Å². The van der Waals surface area contributed by atoms with Gasteiger partial charge in [-0.25, -0.2) is 4.79 Å². The van der Waals surface area contributed by atoms with E-state index >= 15 is 0 Å². The number of carbonyl (C=O) groups excluding carboxylic acids is 1. The fourth-order valence-electron chi connectivity index (χ4n) is 2.74. The molecule has 0 radical (unpaired) electrons. The molecule has 0 heterocycles. The van der Waals surface area contributed by atoms with Gasteiger partial charge in [0, 0.05) is 37.5 Å². The number of nitro benzene ring substituents is 1. The van der Waals surface area contributed by atoms with Crippen LogP contribution in [0.5, 0.6) is 0 Å². The molecule has 0 aliphatic rings.